The molecule has 5 nitrogen and oxygen atoms in total. The number of ether oxygens (including phenoxy) is 1. The number of carbonyl (C=O) groups is 2. The smallest absolute Gasteiger partial charge is 0.325 e. The number of amides is 1. The summed E-state index contributed by atoms with van der Waals surface area (Å²) in [5.41, 5.74) is 0.315. The Morgan fingerprint density at radius 1 is 1.44 bits per heavy atom. The molecule has 0 radical (unpaired) electrons. The van der Waals surface area contributed by atoms with Crippen molar-refractivity contribution in [1.82, 2.24) is 9.88 Å². The number of halogens is 1. The Morgan fingerprint density at radius 3 is 2.67 bits per heavy atom. The molecule has 0 saturated carbocycles. The summed E-state index contributed by atoms with van der Waals surface area (Å²) in [7, 11) is 1.30. The van der Waals surface area contributed by atoms with Crippen molar-refractivity contribution in [1.29, 1.82) is 0 Å². The molecule has 1 heterocycles. The fourth-order valence-electron chi connectivity index (χ4n) is 1.41. The number of rotatable bonds is 5. The van der Waals surface area contributed by atoms with Gasteiger partial charge in [0.2, 0.25) is 0 Å². The number of aromatic nitrogens is 1. The summed E-state index contributed by atoms with van der Waals surface area (Å²) in [5.74, 6) is -0.705. The van der Waals surface area contributed by atoms with Crippen LogP contribution < -0.4 is 0 Å². The molecule has 98 valence electrons. The minimum atomic E-state index is -0.436. The van der Waals surface area contributed by atoms with Crippen molar-refractivity contribution >= 4 is 27.8 Å². The molecule has 0 N–H and O–H groups in total. The summed E-state index contributed by atoms with van der Waals surface area (Å²) in [6.45, 7) is 2.37. The lowest BCUT2D eigenvalue weighted by atomic mass is 10.3. The maximum atomic E-state index is 12.1. The maximum Gasteiger partial charge on any atom is 0.325 e. The van der Waals surface area contributed by atoms with Gasteiger partial charge in [0.1, 0.15) is 12.2 Å². The van der Waals surface area contributed by atoms with Crippen molar-refractivity contribution in [3.8, 4) is 0 Å². The molecule has 0 saturated heterocycles. The van der Waals surface area contributed by atoms with E-state index in [0.29, 0.717) is 12.2 Å². The zero-order chi connectivity index (χ0) is 13.5. The van der Waals surface area contributed by atoms with Crippen LogP contribution in [-0.4, -0.2) is 42.0 Å². The van der Waals surface area contributed by atoms with E-state index in [4.69, 9.17) is 0 Å². The van der Waals surface area contributed by atoms with Gasteiger partial charge >= 0.3 is 5.97 Å². The number of esters is 1. The van der Waals surface area contributed by atoms with E-state index in [0.717, 1.165) is 10.9 Å². The number of nitrogens with zero attached hydrogens (tertiary/aromatic N) is 2. The maximum absolute atomic E-state index is 12.1. The Labute approximate surface area is 114 Å². The molecule has 6 heteroatoms. The van der Waals surface area contributed by atoms with Gasteiger partial charge in [-0.2, -0.15) is 0 Å². The van der Waals surface area contributed by atoms with E-state index in [9.17, 15) is 9.59 Å². The highest BCUT2D eigenvalue weighted by Gasteiger charge is 2.19. The molecule has 0 aromatic carbocycles. The summed E-state index contributed by atoms with van der Waals surface area (Å²) in [6, 6.07) is 3.36. The third-order valence-electron chi connectivity index (χ3n) is 2.27. The van der Waals surface area contributed by atoms with Crippen LogP contribution in [0.1, 0.15) is 23.8 Å². The molecular formula is C12H15BrN2O3. The van der Waals surface area contributed by atoms with Crippen molar-refractivity contribution in [3.05, 3.63) is 28.5 Å². The van der Waals surface area contributed by atoms with E-state index in [2.05, 4.69) is 25.7 Å². The van der Waals surface area contributed by atoms with Gasteiger partial charge in [-0.15, -0.1) is 0 Å². The first-order valence-electron chi connectivity index (χ1n) is 5.56. The molecule has 0 fully saturated rings. The van der Waals surface area contributed by atoms with E-state index >= 15 is 0 Å². The summed E-state index contributed by atoms with van der Waals surface area (Å²) >= 11 is 3.25. The SMILES string of the molecule is CCCN(CC(=O)OC)C(=O)c1ccc(Br)cn1. The van der Waals surface area contributed by atoms with Gasteiger partial charge in [0.15, 0.2) is 0 Å². The van der Waals surface area contributed by atoms with Gasteiger partial charge in [0.05, 0.1) is 7.11 Å². The van der Waals surface area contributed by atoms with Gasteiger partial charge < -0.3 is 9.64 Å². The number of hydrogen-bond acceptors (Lipinski definition) is 4. The molecule has 0 aliphatic heterocycles. The van der Waals surface area contributed by atoms with Crippen molar-refractivity contribution in [3.63, 3.8) is 0 Å². The lowest BCUT2D eigenvalue weighted by Gasteiger charge is -2.20. The standard InChI is InChI=1S/C12H15BrN2O3/c1-3-6-15(8-11(16)18-2)12(17)10-5-4-9(13)7-14-10/h4-5,7H,3,6,8H2,1-2H3. The quantitative estimate of drug-likeness (QED) is 0.778. The predicted octanol–water partition coefficient (Wildman–Crippen LogP) is 1.87. The zero-order valence-electron chi connectivity index (χ0n) is 10.4. The van der Waals surface area contributed by atoms with Gasteiger partial charge in [0, 0.05) is 17.2 Å². The molecule has 0 spiro atoms. The van der Waals surface area contributed by atoms with Crippen molar-refractivity contribution in [2.45, 2.75) is 13.3 Å². The number of methoxy groups -OCH3 is 1. The molecule has 0 aliphatic rings. The third kappa shape index (κ3) is 4.10. The topological polar surface area (TPSA) is 59.5 Å². The van der Waals surface area contributed by atoms with Crippen molar-refractivity contribution in [2.24, 2.45) is 0 Å². The second kappa shape index (κ2) is 7.10. The Balaban J connectivity index is 2.81. The molecule has 1 aromatic heterocycles. The molecular weight excluding hydrogens is 300 g/mol. The molecule has 0 atom stereocenters. The summed E-state index contributed by atoms with van der Waals surface area (Å²) < 4.78 is 5.37. The highest BCUT2D eigenvalue weighted by Crippen LogP contribution is 2.09. The number of hydrogen-bond donors (Lipinski definition) is 0. The molecule has 18 heavy (non-hydrogen) atoms. The lowest BCUT2D eigenvalue weighted by molar-refractivity contribution is -0.141. The van der Waals surface area contributed by atoms with E-state index in [1.54, 1.807) is 18.3 Å². The lowest BCUT2D eigenvalue weighted by Crippen LogP contribution is -2.37. The summed E-state index contributed by atoms with van der Waals surface area (Å²) in [5, 5.41) is 0. The van der Waals surface area contributed by atoms with Crippen LogP contribution in [0.3, 0.4) is 0 Å². The first kappa shape index (κ1) is 14.6. The first-order valence-corrected chi connectivity index (χ1v) is 6.35. The monoisotopic (exact) mass is 314 g/mol. The fourth-order valence-corrected chi connectivity index (χ4v) is 1.64. The highest BCUT2D eigenvalue weighted by atomic mass is 79.9. The largest absolute Gasteiger partial charge is 0.468 e. The summed E-state index contributed by atoms with van der Waals surface area (Å²) in [4.78, 5) is 28.8. The molecule has 1 amide bonds. The van der Waals surface area contributed by atoms with Crippen molar-refractivity contribution in [2.75, 3.05) is 20.2 Å². The van der Waals surface area contributed by atoms with Crippen LogP contribution in [0, 0.1) is 0 Å². The van der Waals surface area contributed by atoms with Gasteiger partial charge in [-0.05, 0) is 34.5 Å². The minimum absolute atomic E-state index is 0.0546. The van der Waals surface area contributed by atoms with E-state index in [-0.39, 0.29) is 12.5 Å². The minimum Gasteiger partial charge on any atom is -0.468 e. The Hall–Kier alpha value is -1.43. The molecule has 0 bridgehead atoms. The Morgan fingerprint density at radius 2 is 2.17 bits per heavy atom. The van der Waals surface area contributed by atoms with Crippen LogP contribution in [0.2, 0.25) is 0 Å². The predicted molar refractivity (Wildman–Crippen MR) is 70.1 cm³/mol. The Kier molecular flexibility index (Phi) is 5.77. The number of pyridine rings is 1. The van der Waals surface area contributed by atoms with Crippen LogP contribution in [0.15, 0.2) is 22.8 Å². The van der Waals surface area contributed by atoms with Crippen LogP contribution in [0.25, 0.3) is 0 Å². The molecule has 0 aliphatic carbocycles. The van der Waals surface area contributed by atoms with Crippen LogP contribution in [0.5, 0.6) is 0 Å². The fraction of sp³-hybridized carbons (Fsp3) is 0.417. The van der Waals surface area contributed by atoms with E-state index < -0.39 is 5.97 Å². The normalized spacial score (nSPS) is 9.94. The van der Waals surface area contributed by atoms with E-state index in [1.165, 1.54) is 12.0 Å². The van der Waals surface area contributed by atoms with E-state index in [1.807, 2.05) is 6.92 Å². The average molecular weight is 315 g/mol. The molecule has 0 unspecified atom stereocenters. The summed E-state index contributed by atoms with van der Waals surface area (Å²) in [6.07, 6.45) is 2.31. The van der Waals surface area contributed by atoms with Gasteiger partial charge in [-0.25, -0.2) is 4.98 Å². The van der Waals surface area contributed by atoms with Gasteiger partial charge in [0.25, 0.3) is 5.91 Å². The highest BCUT2D eigenvalue weighted by molar-refractivity contribution is 9.10. The zero-order valence-corrected chi connectivity index (χ0v) is 11.9. The Bertz CT molecular complexity index is 420. The van der Waals surface area contributed by atoms with Crippen LogP contribution >= 0.6 is 15.9 Å². The van der Waals surface area contributed by atoms with Crippen LogP contribution in [0.4, 0.5) is 0 Å². The second-order valence-electron chi connectivity index (χ2n) is 3.66. The first-order chi connectivity index (χ1) is 8.58. The molecule has 1 aromatic rings. The molecule has 1 rings (SSSR count). The average Bonchev–Trinajstić information content (AvgIpc) is 2.38. The van der Waals surface area contributed by atoms with Crippen LogP contribution in [-0.2, 0) is 9.53 Å². The second-order valence-corrected chi connectivity index (χ2v) is 4.58. The van der Waals surface area contributed by atoms with Crippen molar-refractivity contribution < 1.29 is 14.3 Å². The number of carbonyl (C=O) groups excluding carboxylic acids is 2. The third-order valence-corrected chi connectivity index (χ3v) is 2.74. The van der Waals surface area contributed by atoms with Gasteiger partial charge in [-0.3, -0.25) is 9.59 Å². The van der Waals surface area contributed by atoms with Gasteiger partial charge in [-0.1, -0.05) is 6.92 Å².